The number of hydrogen-bond donors (Lipinski definition) is 1. The predicted molar refractivity (Wildman–Crippen MR) is 114 cm³/mol. The number of carbonyl (C=O) groups excluding carboxylic acids is 1. The van der Waals surface area contributed by atoms with Crippen LogP contribution in [0.3, 0.4) is 0 Å². The van der Waals surface area contributed by atoms with Crippen molar-refractivity contribution >= 4 is 37.9 Å². The lowest BCUT2D eigenvalue weighted by atomic mass is 10.2. The molecule has 3 aromatic rings. The molecule has 0 spiro atoms. The second kappa shape index (κ2) is 8.33. The van der Waals surface area contributed by atoms with Gasteiger partial charge in [-0.25, -0.2) is 13.4 Å². The van der Waals surface area contributed by atoms with Crippen molar-refractivity contribution in [2.75, 3.05) is 5.32 Å². The first-order valence-electron chi connectivity index (χ1n) is 8.97. The second-order valence-corrected chi connectivity index (χ2v) is 9.91. The molecule has 1 aromatic heterocycles. The number of nitrogens with zero attached hydrogens (tertiary/aromatic N) is 2. The van der Waals surface area contributed by atoms with E-state index in [1.165, 1.54) is 29.5 Å². The molecule has 10 heteroatoms. The Hall–Kier alpha value is -3.11. The quantitative estimate of drug-likeness (QED) is 0.438. The van der Waals surface area contributed by atoms with Gasteiger partial charge < -0.3 is 0 Å². The number of anilines is 1. The Morgan fingerprint density at radius 3 is 2.40 bits per heavy atom. The van der Waals surface area contributed by atoms with Crippen LogP contribution in [-0.4, -0.2) is 24.2 Å². The van der Waals surface area contributed by atoms with Crippen LogP contribution in [0.25, 0.3) is 0 Å². The Bertz CT molecular complexity index is 1220. The summed E-state index contributed by atoms with van der Waals surface area (Å²) in [6, 6.07) is 9.31. The first-order chi connectivity index (χ1) is 14.1. The Morgan fingerprint density at radius 2 is 1.83 bits per heavy atom. The van der Waals surface area contributed by atoms with Crippen molar-refractivity contribution in [3.8, 4) is 0 Å². The van der Waals surface area contributed by atoms with Crippen molar-refractivity contribution in [2.45, 2.75) is 36.5 Å². The summed E-state index contributed by atoms with van der Waals surface area (Å²) in [5.41, 5.74) is 0.161. The number of aryl methyl sites for hydroxylation is 1. The molecule has 1 heterocycles. The Labute approximate surface area is 177 Å². The minimum atomic E-state index is -4.12. The summed E-state index contributed by atoms with van der Waals surface area (Å²) in [5, 5.41) is 14.5. The molecule has 0 saturated heterocycles. The van der Waals surface area contributed by atoms with E-state index in [0.717, 1.165) is 22.6 Å². The molecule has 0 unspecified atom stereocenters. The van der Waals surface area contributed by atoms with Crippen LogP contribution in [0.15, 0.2) is 58.5 Å². The molecule has 0 atom stereocenters. The molecule has 156 valence electrons. The predicted octanol–water partition coefficient (Wildman–Crippen LogP) is 4.57. The SMILES string of the molecule is Cc1ccc(S(=O)(=O)c2ccc(C(=O)Nc3ncc(C(C)C)s3)cc2[N+](=O)[O-])cc1. The Kier molecular flexibility index (Phi) is 5.99. The van der Waals surface area contributed by atoms with Crippen LogP contribution >= 0.6 is 11.3 Å². The van der Waals surface area contributed by atoms with Gasteiger partial charge in [0.1, 0.15) is 4.90 Å². The third kappa shape index (κ3) is 4.39. The fourth-order valence-corrected chi connectivity index (χ4v) is 4.87. The van der Waals surface area contributed by atoms with Gasteiger partial charge in [-0.05, 0) is 37.1 Å². The number of amides is 1. The minimum Gasteiger partial charge on any atom is -0.298 e. The van der Waals surface area contributed by atoms with E-state index < -0.39 is 31.3 Å². The highest BCUT2D eigenvalue weighted by atomic mass is 32.2. The van der Waals surface area contributed by atoms with Crippen molar-refractivity contribution in [1.29, 1.82) is 0 Å². The highest BCUT2D eigenvalue weighted by Gasteiger charge is 2.29. The number of nitro groups is 1. The molecule has 1 amide bonds. The van der Waals surface area contributed by atoms with Crippen LogP contribution in [0.5, 0.6) is 0 Å². The van der Waals surface area contributed by atoms with E-state index in [9.17, 15) is 23.3 Å². The first-order valence-corrected chi connectivity index (χ1v) is 11.3. The van der Waals surface area contributed by atoms with Gasteiger partial charge in [-0.3, -0.25) is 20.2 Å². The molecule has 0 fully saturated rings. The van der Waals surface area contributed by atoms with Crippen LogP contribution in [0.2, 0.25) is 0 Å². The number of aromatic nitrogens is 1. The Morgan fingerprint density at radius 1 is 1.17 bits per heavy atom. The zero-order valence-corrected chi connectivity index (χ0v) is 18.1. The first kappa shape index (κ1) is 21.6. The van der Waals surface area contributed by atoms with Crippen LogP contribution in [0.1, 0.15) is 40.6 Å². The number of carbonyl (C=O) groups is 1. The fourth-order valence-electron chi connectivity index (χ4n) is 2.65. The molecule has 0 aliphatic rings. The summed E-state index contributed by atoms with van der Waals surface area (Å²) in [6.07, 6.45) is 1.66. The van der Waals surface area contributed by atoms with Gasteiger partial charge in [0.2, 0.25) is 9.84 Å². The zero-order valence-electron chi connectivity index (χ0n) is 16.4. The summed E-state index contributed by atoms with van der Waals surface area (Å²) in [7, 11) is -4.12. The third-order valence-corrected chi connectivity index (χ3v) is 7.38. The highest BCUT2D eigenvalue weighted by Crippen LogP contribution is 2.31. The van der Waals surface area contributed by atoms with E-state index in [0.29, 0.717) is 5.13 Å². The largest absolute Gasteiger partial charge is 0.298 e. The number of hydrogen-bond acceptors (Lipinski definition) is 7. The topological polar surface area (TPSA) is 119 Å². The molecular weight excluding hydrogens is 426 g/mol. The fraction of sp³-hybridized carbons (Fsp3) is 0.200. The van der Waals surface area contributed by atoms with Gasteiger partial charge in [-0.1, -0.05) is 31.5 Å². The van der Waals surface area contributed by atoms with E-state index in [1.54, 1.807) is 25.3 Å². The van der Waals surface area contributed by atoms with Gasteiger partial charge in [0.05, 0.1) is 9.82 Å². The average Bonchev–Trinajstić information content (AvgIpc) is 3.16. The molecule has 8 nitrogen and oxygen atoms in total. The molecular formula is C20H19N3O5S2. The summed E-state index contributed by atoms with van der Waals surface area (Å²) < 4.78 is 25.8. The average molecular weight is 446 g/mol. The number of nitrogens with one attached hydrogen (secondary N) is 1. The van der Waals surface area contributed by atoms with Crippen molar-refractivity contribution in [2.24, 2.45) is 0 Å². The Balaban J connectivity index is 1.96. The van der Waals surface area contributed by atoms with Crippen LogP contribution < -0.4 is 5.32 Å². The molecule has 0 aliphatic heterocycles. The second-order valence-electron chi connectivity index (χ2n) is 6.93. The maximum atomic E-state index is 12.9. The smallest absolute Gasteiger partial charge is 0.289 e. The lowest BCUT2D eigenvalue weighted by Crippen LogP contribution is -2.13. The van der Waals surface area contributed by atoms with Gasteiger partial charge in [-0.15, -0.1) is 11.3 Å². The van der Waals surface area contributed by atoms with Gasteiger partial charge in [0.25, 0.3) is 11.6 Å². The summed E-state index contributed by atoms with van der Waals surface area (Å²) in [4.78, 5) is 27.9. The molecule has 0 radical (unpaired) electrons. The molecule has 2 aromatic carbocycles. The highest BCUT2D eigenvalue weighted by molar-refractivity contribution is 7.91. The number of benzene rings is 2. The van der Waals surface area contributed by atoms with Gasteiger partial charge in [0.15, 0.2) is 5.13 Å². The van der Waals surface area contributed by atoms with Crippen molar-refractivity contribution < 1.29 is 18.1 Å². The standard InChI is InChI=1S/C20H19N3O5S2/c1-12(2)17-11-21-20(29-17)22-19(24)14-6-9-18(16(10-14)23(25)26)30(27,28)15-7-4-13(3)5-8-15/h4-12H,1-3H3,(H,21,22,24). The van der Waals surface area contributed by atoms with Crippen molar-refractivity contribution in [1.82, 2.24) is 4.98 Å². The van der Waals surface area contributed by atoms with Crippen molar-refractivity contribution in [3.63, 3.8) is 0 Å². The normalized spacial score (nSPS) is 11.5. The number of nitro benzene ring substituents is 1. The number of rotatable bonds is 6. The molecule has 0 bridgehead atoms. The van der Waals surface area contributed by atoms with Gasteiger partial charge >= 0.3 is 0 Å². The zero-order chi connectivity index (χ0) is 22.1. The summed E-state index contributed by atoms with van der Waals surface area (Å²) in [6.45, 7) is 5.80. The van der Waals surface area contributed by atoms with Crippen molar-refractivity contribution in [3.05, 3.63) is 74.8 Å². The summed E-state index contributed by atoms with van der Waals surface area (Å²) >= 11 is 1.31. The lowest BCUT2D eigenvalue weighted by molar-refractivity contribution is -0.387. The summed E-state index contributed by atoms with van der Waals surface area (Å²) in [5.74, 6) is -0.359. The van der Waals surface area contributed by atoms with Crippen LogP contribution in [-0.2, 0) is 9.84 Å². The molecule has 30 heavy (non-hydrogen) atoms. The van der Waals surface area contributed by atoms with Gasteiger partial charge in [0, 0.05) is 22.7 Å². The maximum Gasteiger partial charge on any atom is 0.289 e. The molecule has 0 aliphatic carbocycles. The number of thiazole rings is 1. The lowest BCUT2D eigenvalue weighted by Gasteiger charge is -2.08. The third-order valence-electron chi connectivity index (χ3n) is 4.35. The van der Waals surface area contributed by atoms with E-state index in [-0.39, 0.29) is 16.4 Å². The van der Waals surface area contributed by atoms with E-state index >= 15 is 0 Å². The molecule has 0 saturated carbocycles. The van der Waals surface area contributed by atoms with E-state index in [4.69, 9.17) is 0 Å². The molecule has 1 N–H and O–H groups in total. The minimum absolute atomic E-state index is 0.0362. The van der Waals surface area contributed by atoms with E-state index in [2.05, 4.69) is 10.3 Å². The number of sulfone groups is 1. The van der Waals surface area contributed by atoms with E-state index in [1.807, 2.05) is 13.8 Å². The van der Waals surface area contributed by atoms with Crippen LogP contribution in [0, 0.1) is 17.0 Å². The monoisotopic (exact) mass is 445 g/mol. The van der Waals surface area contributed by atoms with Crippen LogP contribution in [0.4, 0.5) is 10.8 Å². The maximum absolute atomic E-state index is 12.9. The molecule has 3 rings (SSSR count). The van der Waals surface area contributed by atoms with Gasteiger partial charge in [-0.2, -0.15) is 0 Å².